The lowest BCUT2D eigenvalue weighted by Crippen LogP contribution is -2.21. The summed E-state index contributed by atoms with van der Waals surface area (Å²) >= 11 is 7.14. The van der Waals surface area contributed by atoms with E-state index in [4.69, 9.17) is 11.6 Å². The molecule has 2 rings (SSSR count). The van der Waals surface area contributed by atoms with Crippen molar-refractivity contribution in [3.63, 3.8) is 0 Å². The van der Waals surface area contributed by atoms with Crippen LogP contribution in [0.25, 0.3) is 0 Å². The van der Waals surface area contributed by atoms with Crippen molar-refractivity contribution in [2.45, 2.75) is 19.4 Å². The minimum Gasteiger partial charge on any atom is -0.380 e. The molecular weight excluding hydrogens is 259 g/mol. The van der Waals surface area contributed by atoms with Gasteiger partial charge in [0, 0.05) is 4.88 Å². The summed E-state index contributed by atoms with van der Waals surface area (Å²) in [6.45, 7) is 3.33. The Kier molecular flexibility index (Phi) is 3.25. The Balaban J connectivity index is 2.47. The van der Waals surface area contributed by atoms with E-state index in [0.717, 1.165) is 0 Å². The summed E-state index contributed by atoms with van der Waals surface area (Å²) < 4.78 is 14.1. The highest BCUT2D eigenvalue weighted by molar-refractivity contribution is 7.16. The SMILES string of the molecule is Cc1ccc(C(C)(O)c2ccc(Cl)s2)cc1F. The highest BCUT2D eigenvalue weighted by atomic mass is 35.5. The first-order chi connectivity index (χ1) is 7.91. The monoisotopic (exact) mass is 270 g/mol. The van der Waals surface area contributed by atoms with Crippen LogP contribution in [0.1, 0.15) is 22.9 Å². The molecule has 0 aliphatic rings. The van der Waals surface area contributed by atoms with Gasteiger partial charge in [0.1, 0.15) is 11.4 Å². The largest absolute Gasteiger partial charge is 0.380 e. The van der Waals surface area contributed by atoms with Crippen LogP contribution in [0.2, 0.25) is 4.34 Å². The maximum atomic E-state index is 13.5. The predicted octanol–water partition coefficient (Wildman–Crippen LogP) is 4.10. The Morgan fingerprint density at radius 2 is 2.00 bits per heavy atom. The molecule has 4 heteroatoms. The summed E-state index contributed by atoms with van der Waals surface area (Å²) in [6, 6.07) is 8.23. The zero-order chi connectivity index (χ0) is 12.6. The van der Waals surface area contributed by atoms with Gasteiger partial charge >= 0.3 is 0 Å². The van der Waals surface area contributed by atoms with E-state index < -0.39 is 5.60 Å². The number of thiophene rings is 1. The lowest BCUT2D eigenvalue weighted by molar-refractivity contribution is 0.106. The Morgan fingerprint density at radius 3 is 2.53 bits per heavy atom. The van der Waals surface area contributed by atoms with E-state index in [1.807, 2.05) is 0 Å². The summed E-state index contributed by atoms with van der Waals surface area (Å²) in [6.07, 6.45) is 0. The average molecular weight is 271 g/mol. The molecule has 0 saturated carbocycles. The van der Waals surface area contributed by atoms with Crippen molar-refractivity contribution in [1.82, 2.24) is 0 Å². The van der Waals surface area contributed by atoms with Crippen LogP contribution >= 0.6 is 22.9 Å². The molecule has 0 bridgehead atoms. The van der Waals surface area contributed by atoms with Gasteiger partial charge in [-0.25, -0.2) is 4.39 Å². The summed E-state index contributed by atoms with van der Waals surface area (Å²) in [7, 11) is 0. The van der Waals surface area contributed by atoms with Gasteiger partial charge in [-0.1, -0.05) is 23.7 Å². The van der Waals surface area contributed by atoms with Gasteiger partial charge in [-0.05, 0) is 43.2 Å². The summed E-state index contributed by atoms with van der Waals surface area (Å²) in [5.74, 6) is -0.314. The number of aliphatic hydroxyl groups is 1. The number of halogens is 2. The molecule has 0 fully saturated rings. The normalized spacial score (nSPS) is 14.6. The number of hydrogen-bond donors (Lipinski definition) is 1. The lowest BCUT2D eigenvalue weighted by Gasteiger charge is -2.22. The van der Waals surface area contributed by atoms with Gasteiger partial charge in [-0.2, -0.15) is 0 Å². The molecule has 2 aromatic rings. The van der Waals surface area contributed by atoms with Crippen molar-refractivity contribution < 1.29 is 9.50 Å². The van der Waals surface area contributed by atoms with E-state index in [0.29, 0.717) is 20.3 Å². The molecule has 1 heterocycles. The van der Waals surface area contributed by atoms with Gasteiger partial charge in [0.15, 0.2) is 0 Å². The molecule has 1 nitrogen and oxygen atoms in total. The van der Waals surface area contributed by atoms with Crippen molar-refractivity contribution in [2.24, 2.45) is 0 Å². The van der Waals surface area contributed by atoms with E-state index >= 15 is 0 Å². The van der Waals surface area contributed by atoms with Crippen LogP contribution in [-0.4, -0.2) is 5.11 Å². The molecule has 0 aliphatic heterocycles. The molecule has 0 saturated heterocycles. The van der Waals surface area contributed by atoms with Crippen molar-refractivity contribution in [2.75, 3.05) is 0 Å². The Labute approximate surface area is 108 Å². The zero-order valence-electron chi connectivity index (χ0n) is 9.50. The highest BCUT2D eigenvalue weighted by Crippen LogP contribution is 2.36. The molecule has 0 radical (unpaired) electrons. The number of benzene rings is 1. The first-order valence-corrected chi connectivity index (χ1v) is 6.35. The Morgan fingerprint density at radius 1 is 1.29 bits per heavy atom. The quantitative estimate of drug-likeness (QED) is 0.871. The maximum absolute atomic E-state index is 13.5. The first-order valence-electron chi connectivity index (χ1n) is 5.16. The van der Waals surface area contributed by atoms with Crippen LogP contribution in [0.4, 0.5) is 4.39 Å². The molecule has 1 atom stereocenters. The third-order valence-corrected chi connectivity index (χ3v) is 4.23. The van der Waals surface area contributed by atoms with Gasteiger partial charge < -0.3 is 5.11 Å². The van der Waals surface area contributed by atoms with Gasteiger partial charge in [0.2, 0.25) is 0 Å². The molecule has 1 aromatic carbocycles. The maximum Gasteiger partial charge on any atom is 0.126 e. The number of hydrogen-bond acceptors (Lipinski definition) is 2. The number of aryl methyl sites for hydroxylation is 1. The molecule has 90 valence electrons. The fourth-order valence-electron chi connectivity index (χ4n) is 1.61. The van der Waals surface area contributed by atoms with E-state index in [1.165, 1.54) is 17.4 Å². The van der Waals surface area contributed by atoms with Crippen LogP contribution < -0.4 is 0 Å². The summed E-state index contributed by atoms with van der Waals surface area (Å²) in [5.41, 5.74) is -0.125. The number of rotatable bonds is 2. The molecule has 0 amide bonds. The molecular formula is C13H12ClFOS. The Bertz CT molecular complexity index is 548. The molecule has 1 aromatic heterocycles. The second-order valence-corrected chi connectivity index (χ2v) is 5.86. The second-order valence-electron chi connectivity index (χ2n) is 4.14. The van der Waals surface area contributed by atoms with Crippen molar-refractivity contribution in [3.8, 4) is 0 Å². The Hall–Kier alpha value is -0.900. The molecule has 0 spiro atoms. The van der Waals surface area contributed by atoms with E-state index in [1.54, 1.807) is 38.1 Å². The summed E-state index contributed by atoms with van der Waals surface area (Å²) in [4.78, 5) is 0.700. The minimum atomic E-state index is -1.22. The molecule has 17 heavy (non-hydrogen) atoms. The van der Waals surface area contributed by atoms with Gasteiger partial charge in [-0.3, -0.25) is 0 Å². The van der Waals surface area contributed by atoms with Crippen molar-refractivity contribution in [1.29, 1.82) is 0 Å². The average Bonchev–Trinajstić information content (AvgIpc) is 2.69. The lowest BCUT2D eigenvalue weighted by atomic mass is 9.93. The topological polar surface area (TPSA) is 20.2 Å². The molecule has 1 N–H and O–H groups in total. The van der Waals surface area contributed by atoms with Crippen LogP contribution in [0, 0.1) is 12.7 Å². The highest BCUT2D eigenvalue weighted by Gasteiger charge is 2.28. The zero-order valence-corrected chi connectivity index (χ0v) is 11.1. The van der Waals surface area contributed by atoms with Crippen molar-refractivity contribution in [3.05, 3.63) is 56.5 Å². The van der Waals surface area contributed by atoms with Crippen LogP contribution in [0.5, 0.6) is 0 Å². The van der Waals surface area contributed by atoms with Crippen molar-refractivity contribution >= 4 is 22.9 Å². The third kappa shape index (κ3) is 2.37. The molecule has 0 aliphatic carbocycles. The second kappa shape index (κ2) is 4.41. The standard InChI is InChI=1S/C13H12ClFOS/c1-8-3-4-9(7-10(8)15)13(2,16)11-5-6-12(14)17-11/h3-7,16H,1-2H3. The predicted molar refractivity (Wildman–Crippen MR) is 69.1 cm³/mol. The fourth-order valence-corrected chi connectivity index (χ4v) is 2.73. The third-order valence-electron chi connectivity index (χ3n) is 2.79. The molecule has 1 unspecified atom stereocenters. The van der Waals surface area contributed by atoms with Crippen LogP contribution in [-0.2, 0) is 5.60 Å². The van der Waals surface area contributed by atoms with Gasteiger partial charge in [-0.15, -0.1) is 11.3 Å². The van der Waals surface area contributed by atoms with E-state index in [9.17, 15) is 9.50 Å². The van der Waals surface area contributed by atoms with E-state index in [-0.39, 0.29) is 5.82 Å². The van der Waals surface area contributed by atoms with Crippen LogP contribution in [0.15, 0.2) is 30.3 Å². The fraction of sp³-hybridized carbons (Fsp3) is 0.231. The van der Waals surface area contributed by atoms with Crippen LogP contribution in [0.3, 0.4) is 0 Å². The van der Waals surface area contributed by atoms with Gasteiger partial charge in [0.25, 0.3) is 0 Å². The van der Waals surface area contributed by atoms with E-state index in [2.05, 4.69) is 0 Å². The first kappa shape index (κ1) is 12.6. The smallest absolute Gasteiger partial charge is 0.126 e. The summed E-state index contributed by atoms with van der Waals surface area (Å²) in [5, 5.41) is 10.5. The van der Waals surface area contributed by atoms with Gasteiger partial charge in [0.05, 0.1) is 4.34 Å². The minimum absolute atomic E-state index is 0.314.